The van der Waals surface area contributed by atoms with E-state index in [9.17, 15) is 0 Å². The maximum atomic E-state index is 8.94. The van der Waals surface area contributed by atoms with Gasteiger partial charge < -0.3 is 62.4 Å². The number of aromatic nitrogens is 12. The Kier molecular flexibility index (Phi) is 43.0. The molecular weight excluding hydrogens is 1320 g/mol. The number of nitrogen functional groups attached to an aromatic ring is 2. The minimum Gasteiger partial charge on any atom is -0.423 e. The minimum atomic E-state index is -1.49. The largest absolute Gasteiger partial charge is 1.00 e. The van der Waals surface area contributed by atoms with Crippen molar-refractivity contribution in [3.63, 3.8) is 0 Å². The van der Waals surface area contributed by atoms with E-state index in [1.54, 1.807) is 43.1 Å². The van der Waals surface area contributed by atoms with Crippen molar-refractivity contribution < 1.29 is 42.9 Å². The summed E-state index contributed by atoms with van der Waals surface area (Å²) in [5, 5.41) is 21.7. The van der Waals surface area contributed by atoms with Gasteiger partial charge in [0.25, 0.3) is 0 Å². The van der Waals surface area contributed by atoms with Gasteiger partial charge in [-0.3, -0.25) is 0 Å². The summed E-state index contributed by atoms with van der Waals surface area (Å²) in [5.74, 6) is 3.72. The number of nitrogens with two attached hydrogens (primary N) is 2. The summed E-state index contributed by atoms with van der Waals surface area (Å²) in [7, 11) is -2.03. The van der Waals surface area contributed by atoms with Crippen molar-refractivity contribution in [3.8, 4) is 11.4 Å². The van der Waals surface area contributed by atoms with Gasteiger partial charge in [-0.1, -0.05) is 19.8 Å². The number of unbranched alkanes of at least 4 members (excludes halogenated alkanes) is 1. The fourth-order valence-electron chi connectivity index (χ4n) is 8.78. The van der Waals surface area contributed by atoms with E-state index in [1.807, 2.05) is 53.9 Å². The zero-order valence-electron chi connectivity index (χ0n) is 55.6. The summed E-state index contributed by atoms with van der Waals surface area (Å²) in [5.41, 5.74) is 12.0. The Hall–Kier alpha value is -4.49. The molecule has 4 fully saturated rings. The van der Waals surface area contributed by atoms with Gasteiger partial charge in [-0.05, 0) is 214 Å². The molecule has 4 saturated heterocycles. The molecular formula is C61H97B2Br2Cl2LiN18O5. The second-order valence-electron chi connectivity index (χ2n) is 22.6. The summed E-state index contributed by atoms with van der Waals surface area (Å²) in [6.07, 6.45) is 34.3. The summed E-state index contributed by atoms with van der Waals surface area (Å²) in [6, 6.07) is 5.55. The third-order valence-corrected chi connectivity index (χ3v) is 14.8. The number of halogens is 4. The van der Waals surface area contributed by atoms with Crippen molar-refractivity contribution in [2.45, 2.75) is 209 Å². The summed E-state index contributed by atoms with van der Waals surface area (Å²) in [6.45, 7) is 30.7. The fourth-order valence-corrected chi connectivity index (χ4v) is 9.44. The van der Waals surface area contributed by atoms with E-state index in [-0.39, 0.29) is 47.7 Å². The van der Waals surface area contributed by atoms with Gasteiger partial charge in [0.15, 0.2) is 5.82 Å². The van der Waals surface area contributed by atoms with E-state index in [1.165, 1.54) is 95.8 Å². The molecule has 0 bridgehead atoms. The topological polar surface area (TPSA) is 297 Å². The van der Waals surface area contributed by atoms with Crippen molar-refractivity contribution in [2.24, 2.45) is 0 Å². The minimum absolute atomic E-state index is 0. The van der Waals surface area contributed by atoms with Gasteiger partial charge in [0.1, 0.15) is 11.6 Å². The van der Waals surface area contributed by atoms with Crippen LogP contribution < -0.4 is 55.8 Å². The normalized spacial score (nSPS) is 17.5. The van der Waals surface area contributed by atoms with Crippen molar-refractivity contribution >= 4 is 104 Å². The van der Waals surface area contributed by atoms with E-state index in [4.69, 9.17) is 58.7 Å². The van der Waals surface area contributed by atoms with Crippen LogP contribution in [0.5, 0.6) is 0 Å². The molecule has 496 valence electrons. The Balaban J connectivity index is 0.000000367. The van der Waals surface area contributed by atoms with Crippen LogP contribution in [0.25, 0.3) is 11.4 Å². The third kappa shape index (κ3) is 35.6. The zero-order chi connectivity index (χ0) is 66.4. The average Bonchev–Trinajstić information content (AvgIpc) is 1.09. The van der Waals surface area contributed by atoms with E-state index in [0.717, 1.165) is 71.3 Å². The summed E-state index contributed by atoms with van der Waals surface area (Å²) < 4.78 is 18.1. The van der Waals surface area contributed by atoms with Gasteiger partial charge in [-0.15, -0.1) is 0 Å². The van der Waals surface area contributed by atoms with Crippen molar-refractivity contribution in [1.29, 1.82) is 0 Å². The molecule has 0 aliphatic carbocycles. The number of hydrogen-bond donors (Lipinski definition) is 5. The quantitative estimate of drug-likeness (QED) is 0.0435. The predicted octanol–water partition coefficient (Wildman–Crippen LogP) is 8.67. The molecule has 6 aromatic rings. The van der Waals surface area contributed by atoms with Gasteiger partial charge in [0.2, 0.25) is 28.4 Å². The van der Waals surface area contributed by atoms with Gasteiger partial charge in [-0.2, -0.15) is 6.42 Å². The van der Waals surface area contributed by atoms with Crippen LogP contribution in [0, 0.1) is 6.92 Å². The molecule has 10 heterocycles. The van der Waals surface area contributed by atoms with Crippen LogP contribution in [0.3, 0.4) is 0 Å². The smallest absolute Gasteiger partial charge is 0.423 e. The number of hydrogen-bond acceptors (Lipinski definition) is 23. The first-order valence-electron chi connectivity index (χ1n) is 31.2. The number of rotatable bonds is 12. The molecule has 0 amide bonds. The molecule has 0 aromatic carbocycles. The first-order chi connectivity index (χ1) is 43.0. The first kappa shape index (κ1) is 82.6. The maximum Gasteiger partial charge on any atom is 1.00 e. The van der Waals surface area contributed by atoms with Gasteiger partial charge in [0.05, 0.1) is 14.5 Å². The fraction of sp³-hybridized carbons (Fsp3) is 0.590. The molecule has 0 unspecified atom stereocenters. The third-order valence-electron chi connectivity index (χ3n) is 13.6. The predicted molar refractivity (Wildman–Crippen MR) is 373 cm³/mol. The van der Waals surface area contributed by atoms with Crippen molar-refractivity contribution in [1.82, 2.24) is 65.1 Å². The molecule has 4 aliphatic rings. The summed E-state index contributed by atoms with van der Waals surface area (Å²) in [4.78, 5) is 55.5. The van der Waals surface area contributed by atoms with Crippen LogP contribution in [-0.2, 0) is 14.0 Å². The Labute approximate surface area is 581 Å². The van der Waals surface area contributed by atoms with Crippen LogP contribution in [0.4, 0.5) is 29.5 Å². The van der Waals surface area contributed by atoms with Crippen molar-refractivity contribution in [3.05, 3.63) is 101 Å². The SMILES string of the molecule is CC(C)OB(OC(C)C)OC(C)C.C[C@H]1CCCCN1.C[C@H]1CCCCN1c1ncc(-c2nccc(N)n2)cn1.C[C@H]1CCCCN1c1ncc(B(O)O)cn1.C[C@H]1CCCCN1c1ncc(Br)cn1.Clc1ncc(Br)cn1.Nc1ccnc(Cl)n1.[CH2-]CCC.[Li+]. The van der Waals surface area contributed by atoms with Crippen LogP contribution in [-0.4, -0.2) is 153 Å². The van der Waals surface area contributed by atoms with E-state index in [0.29, 0.717) is 47.0 Å². The molecule has 23 nitrogen and oxygen atoms in total. The van der Waals surface area contributed by atoms with E-state index < -0.39 is 14.4 Å². The second-order valence-corrected chi connectivity index (χ2v) is 25.1. The second kappa shape index (κ2) is 47.4. The molecule has 10 rings (SSSR count). The van der Waals surface area contributed by atoms with Crippen molar-refractivity contribution in [2.75, 3.05) is 52.3 Å². The zero-order valence-corrected chi connectivity index (χ0v) is 60.2. The number of piperidine rings is 4. The van der Waals surface area contributed by atoms with Gasteiger partial charge in [-0.25, -0.2) is 59.8 Å². The molecule has 4 aliphatic heterocycles. The molecule has 0 spiro atoms. The molecule has 91 heavy (non-hydrogen) atoms. The Morgan fingerprint density at radius 2 is 0.956 bits per heavy atom. The first-order valence-corrected chi connectivity index (χ1v) is 33.6. The van der Waals surface area contributed by atoms with E-state index >= 15 is 0 Å². The van der Waals surface area contributed by atoms with Crippen LogP contribution >= 0.6 is 55.1 Å². The Morgan fingerprint density at radius 3 is 1.26 bits per heavy atom. The monoisotopic (exact) mass is 1420 g/mol. The maximum absolute atomic E-state index is 8.94. The van der Waals surface area contributed by atoms with Gasteiger partial charge in [0, 0.05) is 130 Å². The number of nitrogens with one attached hydrogen (secondary N) is 1. The number of anilines is 5. The van der Waals surface area contributed by atoms with Crippen LogP contribution in [0.15, 0.2) is 83.0 Å². The Morgan fingerprint density at radius 1 is 0.571 bits per heavy atom. The summed E-state index contributed by atoms with van der Waals surface area (Å²) >= 11 is 17.2. The Bertz CT molecular complexity index is 2740. The number of nitrogens with zero attached hydrogens (tertiary/aromatic N) is 15. The van der Waals surface area contributed by atoms with Crippen LogP contribution in [0.2, 0.25) is 10.6 Å². The van der Waals surface area contributed by atoms with Crippen LogP contribution in [0.1, 0.15) is 166 Å². The molecule has 0 saturated carbocycles. The molecule has 4 atom stereocenters. The molecule has 0 radical (unpaired) electrons. The van der Waals surface area contributed by atoms with Gasteiger partial charge >= 0.3 is 33.3 Å². The van der Waals surface area contributed by atoms with E-state index in [2.05, 4.69) is 153 Å². The average molecular weight is 1420 g/mol. The molecule has 30 heteroatoms. The standard InChI is InChI=1S/C14H18N6.C10H16BN3O2.C10H14BrN3.C9H21BO3.C6H13N.C4H2BrClN2.C4H4ClN3.C4H9.Li/c1-10-4-2-3-7-20(10)14-17-8-11(9-18-14)13-16-6-5-12(15)19-13;1-8-4-2-3-5-14(8)10-12-6-9(7-13-10)11(15)16;1-8-4-2-3-5-14(8)10-12-6-9(11)7-13-10;1-7(2)11-10(12-8(3)4)13-9(5)6;1-6-4-2-3-5-7-6;5-3-1-7-4(6)8-2-3;5-4-7-2-1-3(6)8-4;1-3-4-2;/h5-6,8-10H,2-4,7H2,1H3,(H2,15,16,19);6-8,15-16H,2-5H2,1H3;6-8H,2-5H2,1H3;7-9H,1-6H3;6-7H,2-5H2,1H3;1-2H;1-2H,(H2,6,7,8);1,3-4H2,2H3;/q;;;;;;;-1;+1/t10-;2*8-;;6-;;;;/m000.0..../s1. The molecule has 7 N–H and O–H groups in total. The molecule has 6 aromatic heterocycles.